The zero-order valence-corrected chi connectivity index (χ0v) is 15.7. The predicted octanol–water partition coefficient (Wildman–Crippen LogP) is 2.78. The minimum absolute atomic E-state index is 0.0836. The van der Waals surface area contributed by atoms with Gasteiger partial charge in [0.05, 0.1) is 29.0 Å². The number of rotatable bonds is 5. The lowest BCUT2D eigenvalue weighted by atomic mass is 10.2. The maximum absolute atomic E-state index is 12.9. The molecule has 3 aromatic heterocycles. The van der Waals surface area contributed by atoms with E-state index in [1.807, 2.05) is 12.1 Å². The van der Waals surface area contributed by atoms with Crippen LogP contribution in [0.2, 0.25) is 0 Å². The Hall–Kier alpha value is -4.51. The molecule has 2 N–H and O–H groups in total. The molecule has 0 saturated heterocycles. The summed E-state index contributed by atoms with van der Waals surface area (Å²) in [5.41, 5.74) is 1.99. The van der Waals surface area contributed by atoms with E-state index >= 15 is 0 Å². The summed E-state index contributed by atoms with van der Waals surface area (Å²) >= 11 is 0. The van der Waals surface area contributed by atoms with Crippen molar-refractivity contribution in [3.63, 3.8) is 0 Å². The minimum Gasteiger partial charge on any atom is -0.344 e. The van der Waals surface area contributed by atoms with Crippen molar-refractivity contribution in [1.82, 2.24) is 19.7 Å². The van der Waals surface area contributed by atoms with Crippen LogP contribution in [0.15, 0.2) is 73.1 Å². The molecule has 2 amide bonds. The van der Waals surface area contributed by atoms with Crippen LogP contribution in [0.5, 0.6) is 0 Å². The van der Waals surface area contributed by atoms with Gasteiger partial charge in [-0.2, -0.15) is 5.26 Å². The maximum Gasteiger partial charge on any atom is 0.288 e. The number of nitrogens with zero attached hydrogens (tertiary/aromatic N) is 4. The summed E-state index contributed by atoms with van der Waals surface area (Å²) in [4.78, 5) is 34.1. The molecule has 0 radical (unpaired) electrons. The number of hydrogen-bond acceptors (Lipinski definition) is 5. The fourth-order valence-electron chi connectivity index (χ4n) is 2.99. The SMILES string of the molecule is N#Cc1ccccc1NC(=O)c1nc(C(=O)NCc2ccccn2)n2ccccc12. The van der Waals surface area contributed by atoms with Crippen molar-refractivity contribution in [2.75, 3.05) is 5.32 Å². The van der Waals surface area contributed by atoms with Gasteiger partial charge >= 0.3 is 0 Å². The normalized spacial score (nSPS) is 10.4. The zero-order chi connectivity index (χ0) is 20.9. The van der Waals surface area contributed by atoms with Gasteiger partial charge in [0.15, 0.2) is 5.69 Å². The Morgan fingerprint density at radius 1 is 1.00 bits per heavy atom. The van der Waals surface area contributed by atoms with Crippen molar-refractivity contribution in [3.8, 4) is 6.07 Å². The summed E-state index contributed by atoms with van der Waals surface area (Å²) in [7, 11) is 0. The molecule has 0 spiro atoms. The number of imidazole rings is 1. The van der Waals surface area contributed by atoms with E-state index < -0.39 is 11.8 Å². The van der Waals surface area contributed by atoms with Crippen LogP contribution in [0.4, 0.5) is 5.69 Å². The number of para-hydroxylation sites is 1. The van der Waals surface area contributed by atoms with Gasteiger partial charge in [0.1, 0.15) is 6.07 Å². The second-order valence-corrected chi connectivity index (χ2v) is 6.36. The quantitative estimate of drug-likeness (QED) is 0.539. The molecule has 0 aliphatic carbocycles. The highest BCUT2D eigenvalue weighted by atomic mass is 16.2. The van der Waals surface area contributed by atoms with E-state index in [9.17, 15) is 14.9 Å². The van der Waals surface area contributed by atoms with E-state index in [0.29, 0.717) is 22.5 Å². The Morgan fingerprint density at radius 2 is 1.80 bits per heavy atom. The number of fused-ring (bicyclic) bond motifs is 1. The van der Waals surface area contributed by atoms with Gasteiger partial charge in [-0.1, -0.05) is 24.3 Å². The third kappa shape index (κ3) is 3.72. The Balaban J connectivity index is 1.63. The van der Waals surface area contributed by atoms with E-state index in [2.05, 4.69) is 20.6 Å². The molecule has 0 bridgehead atoms. The van der Waals surface area contributed by atoms with Crippen LogP contribution in [-0.2, 0) is 6.54 Å². The first-order chi connectivity index (χ1) is 14.7. The summed E-state index contributed by atoms with van der Waals surface area (Å²) < 4.78 is 1.55. The van der Waals surface area contributed by atoms with Crippen molar-refractivity contribution in [1.29, 1.82) is 5.26 Å². The van der Waals surface area contributed by atoms with Crippen molar-refractivity contribution in [3.05, 3.63) is 95.8 Å². The largest absolute Gasteiger partial charge is 0.344 e. The average Bonchev–Trinajstić information content (AvgIpc) is 3.18. The monoisotopic (exact) mass is 396 g/mol. The Kier molecular flexibility index (Phi) is 5.17. The highest BCUT2D eigenvalue weighted by Crippen LogP contribution is 2.18. The topological polar surface area (TPSA) is 112 Å². The first-order valence-corrected chi connectivity index (χ1v) is 9.13. The molecule has 0 unspecified atom stereocenters. The molecule has 4 aromatic rings. The minimum atomic E-state index is -0.509. The van der Waals surface area contributed by atoms with Crippen molar-refractivity contribution in [2.45, 2.75) is 6.54 Å². The number of aromatic nitrogens is 3. The number of nitrogens with one attached hydrogen (secondary N) is 2. The van der Waals surface area contributed by atoms with Crippen LogP contribution >= 0.6 is 0 Å². The highest BCUT2D eigenvalue weighted by molar-refractivity contribution is 6.09. The van der Waals surface area contributed by atoms with E-state index in [1.165, 1.54) is 0 Å². The van der Waals surface area contributed by atoms with Crippen LogP contribution in [0.25, 0.3) is 5.52 Å². The van der Waals surface area contributed by atoms with Gasteiger partial charge in [-0.05, 0) is 36.4 Å². The van der Waals surface area contributed by atoms with Gasteiger partial charge in [-0.25, -0.2) is 4.98 Å². The van der Waals surface area contributed by atoms with E-state index in [0.717, 1.165) is 0 Å². The average molecular weight is 396 g/mol. The number of hydrogen-bond donors (Lipinski definition) is 2. The maximum atomic E-state index is 12.9. The van der Waals surface area contributed by atoms with Gasteiger partial charge in [0.2, 0.25) is 5.82 Å². The molecule has 8 nitrogen and oxygen atoms in total. The summed E-state index contributed by atoms with van der Waals surface area (Å²) in [6, 6.07) is 19.3. The van der Waals surface area contributed by atoms with Crippen molar-refractivity contribution in [2.24, 2.45) is 0 Å². The van der Waals surface area contributed by atoms with Gasteiger partial charge in [-0.3, -0.25) is 19.0 Å². The smallest absolute Gasteiger partial charge is 0.288 e. The second kappa shape index (κ2) is 8.24. The Labute approximate surface area is 171 Å². The lowest BCUT2D eigenvalue weighted by molar-refractivity contribution is 0.0939. The van der Waals surface area contributed by atoms with Crippen molar-refractivity contribution >= 4 is 23.0 Å². The number of benzene rings is 1. The molecule has 0 aliphatic rings. The van der Waals surface area contributed by atoms with Crippen LogP contribution < -0.4 is 10.6 Å². The predicted molar refractivity (Wildman–Crippen MR) is 110 cm³/mol. The molecule has 3 heterocycles. The molecule has 0 fully saturated rings. The van der Waals surface area contributed by atoms with Crippen LogP contribution in [-0.4, -0.2) is 26.2 Å². The van der Waals surface area contributed by atoms with Crippen LogP contribution in [0, 0.1) is 11.3 Å². The fourth-order valence-corrected chi connectivity index (χ4v) is 2.99. The Bertz CT molecular complexity index is 1270. The summed E-state index contributed by atoms with van der Waals surface area (Å²) in [6.07, 6.45) is 3.31. The third-order valence-corrected chi connectivity index (χ3v) is 4.42. The lowest BCUT2D eigenvalue weighted by Gasteiger charge is -2.05. The van der Waals surface area contributed by atoms with Gasteiger partial charge in [0.25, 0.3) is 11.8 Å². The number of pyridine rings is 2. The molecular weight excluding hydrogens is 380 g/mol. The zero-order valence-electron chi connectivity index (χ0n) is 15.7. The summed E-state index contributed by atoms with van der Waals surface area (Å²) in [5.74, 6) is -0.858. The first-order valence-electron chi connectivity index (χ1n) is 9.13. The molecule has 146 valence electrons. The molecular formula is C22H16N6O2. The molecule has 0 aliphatic heterocycles. The number of amides is 2. The number of carbonyl (C=O) groups excluding carboxylic acids is 2. The fraction of sp³-hybridized carbons (Fsp3) is 0.0455. The van der Waals surface area contributed by atoms with Crippen LogP contribution in [0.3, 0.4) is 0 Å². The van der Waals surface area contributed by atoms with Crippen molar-refractivity contribution < 1.29 is 9.59 Å². The summed E-state index contributed by atoms with van der Waals surface area (Å²) in [5, 5.41) is 14.7. The van der Waals surface area contributed by atoms with Crippen LogP contribution in [0.1, 0.15) is 32.4 Å². The van der Waals surface area contributed by atoms with Gasteiger partial charge in [-0.15, -0.1) is 0 Å². The number of anilines is 1. The molecule has 4 rings (SSSR count). The number of carbonyl (C=O) groups is 2. The first kappa shape index (κ1) is 18.8. The Morgan fingerprint density at radius 3 is 2.60 bits per heavy atom. The van der Waals surface area contributed by atoms with Gasteiger partial charge in [0, 0.05) is 12.4 Å². The molecule has 0 saturated carbocycles. The molecule has 30 heavy (non-hydrogen) atoms. The lowest BCUT2D eigenvalue weighted by Crippen LogP contribution is -2.25. The standard InChI is InChI=1S/C22H16N6O2/c23-13-15-7-1-2-9-17(15)26-21(29)19-18-10-4-6-12-28(18)20(27-19)22(30)25-14-16-8-3-5-11-24-16/h1-12H,14H2,(H,25,30)(H,26,29). The number of nitriles is 1. The third-order valence-electron chi connectivity index (χ3n) is 4.42. The highest BCUT2D eigenvalue weighted by Gasteiger charge is 2.22. The van der Waals surface area contributed by atoms with E-state index in [-0.39, 0.29) is 18.1 Å². The second-order valence-electron chi connectivity index (χ2n) is 6.36. The molecule has 8 heteroatoms. The molecule has 0 atom stereocenters. The van der Waals surface area contributed by atoms with E-state index in [4.69, 9.17) is 0 Å². The van der Waals surface area contributed by atoms with Gasteiger partial charge < -0.3 is 10.6 Å². The molecule has 1 aromatic carbocycles. The summed E-state index contributed by atoms with van der Waals surface area (Å²) in [6.45, 7) is 0.235. The van der Waals surface area contributed by atoms with E-state index in [1.54, 1.807) is 71.4 Å².